The number of ether oxygens (including phenoxy) is 1. The molecule has 0 unspecified atom stereocenters. The topological polar surface area (TPSA) is 56.3 Å². The predicted octanol–water partition coefficient (Wildman–Crippen LogP) is 3.41. The molecule has 0 bridgehead atoms. The van der Waals surface area contributed by atoms with E-state index >= 15 is 0 Å². The quantitative estimate of drug-likeness (QED) is 0.713. The maximum Gasteiger partial charge on any atom is 0.197 e. The summed E-state index contributed by atoms with van der Waals surface area (Å²) in [7, 11) is 0. The van der Waals surface area contributed by atoms with Crippen LogP contribution in [0.3, 0.4) is 0 Å². The van der Waals surface area contributed by atoms with Crippen molar-refractivity contribution >= 4 is 22.7 Å². The summed E-state index contributed by atoms with van der Waals surface area (Å²) in [6.07, 6.45) is 4.35. The fourth-order valence-electron chi connectivity index (χ4n) is 2.70. The van der Waals surface area contributed by atoms with Gasteiger partial charge in [-0.3, -0.25) is 14.6 Å². The maximum atomic E-state index is 11.7. The zero-order chi connectivity index (χ0) is 17.6. The van der Waals surface area contributed by atoms with Crippen LogP contribution in [0, 0.1) is 0 Å². The third kappa shape index (κ3) is 4.92. The Kier molecular flexibility index (Phi) is 5.87. The van der Waals surface area contributed by atoms with Crippen molar-refractivity contribution in [1.29, 1.82) is 0 Å². The Labute approximate surface area is 152 Å². The van der Waals surface area contributed by atoms with E-state index in [0.29, 0.717) is 13.0 Å². The molecular formula is C20H21NO3S. The standard InChI is InChI=1S/C20H21NO3S/c1-2-14-3-6-16(21-13-14)9-10-24-17-7-4-15(5-8-17)11-19-18(22)12-20(23)25-19/h3-8,13,19H,2,9-12H2,1H3/t19-/m0/s1. The number of aromatic nitrogens is 1. The minimum absolute atomic E-state index is 0.0180. The molecule has 2 aromatic rings. The maximum absolute atomic E-state index is 11.7. The summed E-state index contributed by atoms with van der Waals surface area (Å²) in [4.78, 5) is 27.4. The molecule has 0 radical (unpaired) electrons. The molecule has 25 heavy (non-hydrogen) atoms. The minimum Gasteiger partial charge on any atom is -0.493 e. The SMILES string of the molecule is CCc1ccc(CCOc2ccc(C[C@@H]3SC(=O)CC3=O)cc2)nc1. The average Bonchev–Trinajstić information content (AvgIpc) is 2.94. The van der Waals surface area contributed by atoms with Crippen LogP contribution in [0.4, 0.5) is 0 Å². The molecule has 1 aliphatic heterocycles. The Morgan fingerprint density at radius 1 is 1.12 bits per heavy atom. The summed E-state index contributed by atoms with van der Waals surface area (Å²) in [6.45, 7) is 2.69. The number of hydrogen-bond donors (Lipinski definition) is 0. The van der Waals surface area contributed by atoms with Gasteiger partial charge in [-0.1, -0.05) is 36.9 Å². The summed E-state index contributed by atoms with van der Waals surface area (Å²) in [5.41, 5.74) is 3.31. The first-order chi connectivity index (χ1) is 12.1. The number of thioether (sulfide) groups is 1. The molecule has 1 saturated heterocycles. The largest absolute Gasteiger partial charge is 0.493 e. The average molecular weight is 355 g/mol. The Morgan fingerprint density at radius 2 is 1.88 bits per heavy atom. The molecule has 1 aromatic carbocycles. The van der Waals surface area contributed by atoms with E-state index in [4.69, 9.17) is 4.74 Å². The summed E-state index contributed by atoms with van der Waals surface area (Å²) in [6, 6.07) is 11.9. The smallest absolute Gasteiger partial charge is 0.197 e. The van der Waals surface area contributed by atoms with E-state index in [1.165, 1.54) is 5.56 Å². The lowest BCUT2D eigenvalue weighted by molar-refractivity contribution is -0.121. The highest BCUT2D eigenvalue weighted by molar-refractivity contribution is 8.15. The second-order valence-electron chi connectivity index (χ2n) is 6.08. The number of carbonyl (C=O) groups is 2. The number of ketones is 1. The molecule has 0 saturated carbocycles. The lowest BCUT2D eigenvalue weighted by Gasteiger charge is -2.09. The van der Waals surface area contributed by atoms with Gasteiger partial charge in [0.25, 0.3) is 0 Å². The van der Waals surface area contributed by atoms with Crippen molar-refractivity contribution in [3.05, 3.63) is 59.4 Å². The van der Waals surface area contributed by atoms with Gasteiger partial charge in [-0.2, -0.15) is 0 Å². The zero-order valence-corrected chi connectivity index (χ0v) is 15.1. The number of Topliss-reactive ketones (excluding diaryl/α,β-unsaturated/α-hetero) is 1. The fraction of sp³-hybridized carbons (Fsp3) is 0.350. The molecule has 0 spiro atoms. The molecule has 5 heteroatoms. The van der Waals surface area contributed by atoms with E-state index in [1.807, 2.05) is 36.5 Å². The molecule has 2 heterocycles. The van der Waals surface area contributed by atoms with Crippen LogP contribution in [0.15, 0.2) is 42.6 Å². The van der Waals surface area contributed by atoms with Crippen LogP contribution in [-0.4, -0.2) is 27.7 Å². The van der Waals surface area contributed by atoms with Crippen LogP contribution < -0.4 is 4.74 Å². The molecule has 3 rings (SSSR count). The highest BCUT2D eigenvalue weighted by atomic mass is 32.2. The van der Waals surface area contributed by atoms with Crippen LogP contribution >= 0.6 is 11.8 Å². The van der Waals surface area contributed by atoms with E-state index in [2.05, 4.69) is 18.0 Å². The highest BCUT2D eigenvalue weighted by Crippen LogP contribution is 2.28. The van der Waals surface area contributed by atoms with E-state index in [-0.39, 0.29) is 22.6 Å². The lowest BCUT2D eigenvalue weighted by Crippen LogP contribution is -2.13. The normalized spacial score (nSPS) is 17.1. The van der Waals surface area contributed by atoms with Crippen molar-refractivity contribution in [2.45, 2.75) is 37.9 Å². The van der Waals surface area contributed by atoms with E-state index in [1.54, 1.807) is 0 Å². The minimum atomic E-state index is -0.226. The van der Waals surface area contributed by atoms with Crippen LogP contribution in [0.1, 0.15) is 30.2 Å². The number of benzene rings is 1. The third-order valence-corrected chi connectivity index (χ3v) is 5.34. The van der Waals surface area contributed by atoms with Gasteiger partial charge >= 0.3 is 0 Å². The second-order valence-corrected chi connectivity index (χ2v) is 7.34. The van der Waals surface area contributed by atoms with Crippen LogP contribution in [-0.2, 0) is 28.9 Å². The van der Waals surface area contributed by atoms with Crippen molar-refractivity contribution in [2.75, 3.05) is 6.61 Å². The van der Waals surface area contributed by atoms with E-state index < -0.39 is 0 Å². The van der Waals surface area contributed by atoms with E-state index in [0.717, 1.165) is 41.6 Å². The Hall–Kier alpha value is -2.14. The van der Waals surface area contributed by atoms with Gasteiger partial charge in [0.1, 0.15) is 5.75 Å². The van der Waals surface area contributed by atoms with Crippen molar-refractivity contribution in [3.8, 4) is 5.75 Å². The van der Waals surface area contributed by atoms with Crippen LogP contribution in [0.25, 0.3) is 0 Å². The molecule has 130 valence electrons. The van der Waals surface area contributed by atoms with Gasteiger partial charge < -0.3 is 4.74 Å². The summed E-state index contributed by atoms with van der Waals surface area (Å²) >= 11 is 1.16. The first-order valence-electron chi connectivity index (χ1n) is 8.52. The number of pyridine rings is 1. The third-order valence-electron chi connectivity index (χ3n) is 4.22. The van der Waals surface area contributed by atoms with Gasteiger partial charge in [-0.25, -0.2) is 0 Å². The second kappa shape index (κ2) is 8.30. The number of aryl methyl sites for hydroxylation is 1. The van der Waals surface area contributed by atoms with Crippen molar-refractivity contribution in [2.24, 2.45) is 0 Å². The molecule has 1 aromatic heterocycles. The predicted molar refractivity (Wildman–Crippen MR) is 99.0 cm³/mol. The fourth-order valence-corrected chi connectivity index (χ4v) is 3.73. The number of carbonyl (C=O) groups excluding carboxylic acids is 2. The Bertz CT molecular complexity index is 741. The molecule has 4 nitrogen and oxygen atoms in total. The monoisotopic (exact) mass is 355 g/mol. The van der Waals surface area contributed by atoms with Crippen molar-refractivity contribution in [1.82, 2.24) is 4.98 Å². The van der Waals surface area contributed by atoms with Gasteiger partial charge in [0.2, 0.25) is 0 Å². The molecule has 1 atom stereocenters. The summed E-state index contributed by atoms with van der Waals surface area (Å²) in [5, 5.41) is -0.244. The number of nitrogens with zero attached hydrogens (tertiary/aromatic N) is 1. The number of rotatable bonds is 7. The molecule has 1 aliphatic rings. The highest BCUT2D eigenvalue weighted by Gasteiger charge is 2.31. The summed E-state index contributed by atoms with van der Waals surface area (Å²) < 4.78 is 5.76. The lowest BCUT2D eigenvalue weighted by atomic mass is 10.1. The molecule has 0 aliphatic carbocycles. The molecule has 0 amide bonds. The van der Waals surface area contributed by atoms with Crippen LogP contribution in [0.2, 0.25) is 0 Å². The van der Waals surface area contributed by atoms with Gasteiger partial charge in [0, 0.05) is 18.3 Å². The first-order valence-corrected chi connectivity index (χ1v) is 9.39. The van der Waals surface area contributed by atoms with Crippen molar-refractivity contribution in [3.63, 3.8) is 0 Å². The number of hydrogen-bond acceptors (Lipinski definition) is 5. The van der Waals surface area contributed by atoms with Gasteiger partial charge in [0.05, 0.1) is 18.3 Å². The van der Waals surface area contributed by atoms with Gasteiger partial charge in [0.15, 0.2) is 10.9 Å². The van der Waals surface area contributed by atoms with Crippen LogP contribution in [0.5, 0.6) is 5.75 Å². The summed E-state index contributed by atoms with van der Waals surface area (Å²) in [5.74, 6) is 0.840. The first kappa shape index (κ1) is 17.7. The zero-order valence-electron chi connectivity index (χ0n) is 14.2. The Balaban J connectivity index is 1.47. The molecular weight excluding hydrogens is 334 g/mol. The Morgan fingerprint density at radius 3 is 2.48 bits per heavy atom. The van der Waals surface area contributed by atoms with Gasteiger partial charge in [-0.15, -0.1) is 0 Å². The van der Waals surface area contributed by atoms with Gasteiger partial charge in [-0.05, 0) is 42.2 Å². The molecule has 1 fully saturated rings. The van der Waals surface area contributed by atoms with E-state index in [9.17, 15) is 9.59 Å². The molecule has 0 N–H and O–H groups in total. The van der Waals surface area contributed by atoms with Crippen molar-refractivity contribution < 1.29 is 14.3 Å².